The summed E-state index contributed by atoms with van der Waals surface area (Å²) < 4.78 is 4.66. The van der Waals surface area contributed by atoms with E-state index in [0.29, 0.717) is 6.42 Å². The zero-order valence-electron chi connectivity index (χ0n) is 8.78. The number of aliphatic hydroxyl groups is 1. The van der Waals surface area contributed by atoms with Crippen molar-refractivity contribution >= 4 is 17.7 Å². The van der Waals surface area contributed by atoms with Gasteiger partial charge in [-0.2, -0.15) is 11.8 Å². The number of hydrogen-bond donors (Lipinski definition) is 1. The maximum absolute atomic E-state index is 11.1. The Morgan fingerprint density at radius 3 is 2.71 bits per heavy atom. The molecule has 0 aromatic heterocycles. The summed E-state index contributed by atoms with van der Waals surface area (Å²) in [5, 5.41) is 9.09. The lowest BCUT2D eigenvalue weighted by Gasteiger charge is -2.13. The van der Waals surface area contributed by atoms with Crippen LogP contribution in [0.4, 0.5) is 0 Å². The second-order valence-corrected chi connectivity index (χ2v) is 5.15. The monoisotopic (exact) mass is 218 g/mol. The van der Waals surface area contributed by atoms with Crippen LogP contribution in [-0.4, -0.2) is 35.8 Å². The number of aliphatic hydroxyl groups excluding tert-OH is 1. The predicted molar refractivity (Wildman–Crippen MR) is 57.3 cm³/mol. The molecule has 1 N–H and O–H groups in total. The Hall–Kier alpha value is -0.220. The van der Waals surface area contributed by atoms with Gasteiger partial charge in [-0.05, 0) is 30.9 Å². The number of thioether (sulfide) groups is 1. The quantitative estimate of drug-likeness (QED) is 0.685. The Morgan fingerprint density at radius 2 is 2.29 bits per heavy atom. The minimum absolute atomic E-state index is 0.111. The third-order valence-electron chi connectivity index (χ3n) is 2.47. The van der Waals surface area contributed by atoms with Crippen LogP contribution in [0, 0.1) is 5.41 Å². The average molecular weight is 218 g/mol. The largest absolute Gasteiger partial charge is 0.469 e. The number of rotatable bonds is 6. The van der Waals surface area contributed by atoms with Crippen LogP contribution in [0.15, 0.2) is 0 Å². The first kappa shape index (κ1) is 11.9. The van der Waals surface area contributed by atoms with E-state index in [4.69, 9.17) is 5.11 Å². The van der Waals surface area contributed by atoms with Crippen molar-refractivity contribution in [1.82, 2.24) is 0 Å². The highest BCUT2D eigenvalue weighted by Gasteiger charge is 2.44. The Balaban J connectivity index is 2.19. The van der Waals surface area contributed by atoms with Gasteiger partial charge in [0.2, 0.25) is 0 Å². The molecule has 1 aliphatic rings. The number of ether oxygens (including phenoxy) is 1. The van der Waals surface area contributed by atoms with Gasteiger partial charge in [0.05, 0.1) is 19.6 Å². The molecule has 4 heteroatoms. The maximum atomic E-state index is 11.1. The minimum atomic E-state index is -0.256. The van der Waals surface area contributed by atoms with E-state index in [2.05, 4.69) is 4.74 Å². The van der Waals surface area contributed by atoms with E-state index in [1.54, 1.807) is 18.7 Å². The highest BCUT2D eigenvalue weighted by Crippen LogP contribution is 2.51. The molecule has 3 nitrogen and oxygen atoms in total. The molecule has 1 saturated carbocycles. The van der Waals surface area contributed by atoms with Crippen molar-refractivity contribution in [1.29, 1.82) is 0 Å². The highest BCUT2D eigenvalue weighted by molar-refractivity contribution is 7.99. The van der Waals surface area contributed by atoms with Crippen molar-refractivity contribution in [2.45, 2.75) is 32.3 Å². The fourth-order valence-electron chi connectivity index (χ4n) is 1.37. The summed E-state index contributed by atoms with van der Waals surface area (Å²) in [7, 11) is 1.43. The zero-order valence-corrected chi connectivity index (χ0v) is 9.60. The Bertz CT molecular complexity index is 200. The summed E-state index contributed by atoms with van der Waals surface area (Å²) >= 11 is 1.73. The van der Waals surface area contributed by atoms with Crippen molar-refractivity contribution in [2.24, 2.45) is 5.41 Å². The number of carbonyl (C=O) groups excluding carboxylic acids is 1. The van der Waals surface area contributed by atoms with Crippen molar-refractivity contribution in [3.05, 3.63) is 0 Å². The second-order valence-electron chi connectivity index (χ2n) is 4.12. The first-order chi connectivity index (χ1) is 6.58. The van der Waals surface area contributed by atoms with Gasteiger partial charge in [0.25, 0.3) is 0 Å². The molecule has 0 aliphatic heterocycles. The molecular weight excluding hydrogens is 200 g/mol. The van der Waals surface area contributed by atoms with Crippen molar-refractivity contribution in [3.63, 3.8) is 0 Å². The molecule has 14 heavy (non-hydrogen) atoms. The molecule has 1 atom stereocenters. The fourth-order valence-corrected chi connectivity index (χ4v) is 2.66. The predicted octanol–water partition coefficient (Wildman–Crippen LogP) is 1.44. The molecule has 0 unspecified atom stereocenters. The van der Waals surface area contributed by atoms with Crippen LogP contribution >= 0.6 is 11.8 Å². The van der Waals surface area contributed by atoms with Crippen LogP contribution in [0.5, 0.6) is 0 Å². The third kappa shape index (κ3) is 3.88. The van der Waals surface area contributed by atoms with Crippen LogP contribution in [0.2, 0.25) is 0 Å². The SMILES string of the molecule is COC(=O)CC1(CSC[C@@H](C)O)CC1. The van der Waals surface area contributed by atoms with Gasteiger partial charge < -0.3 is 9.84 Å². The van der Waals surface area contributed by atoms with Gasteiger partial charge in [0.15, 0.2) is 0 Å². The normalized spacial score (nSPS) is 20.2. The van der Waals surface area contributed by atoms with Crippen LogP contribution in [0.3, 0.4) is 0 Å². The van der Waals surface area contributed by atoms with E-state index in [1.165, 1.54) is 7.11 Å². The molecular formula is C10H18O3S. The molecule has 0 spiro atoms. The van der Waals surface area contributed by atoms with Gasteiger partial charge in [-0.25, -0.2) is 0 Å². The van der Waals surface area contributed by atoms with Crippen LogP contribution < -0.4 is 0 Å². The summed E-state index contributed by atoms with van der Waals surface area (Å²) in [5.74, 6) is 1.61. The number of hydrogen-bond acceptors (Lipinski definition) is 4. The number of carbonyl (C=O) groups is 1. The number of esters is 1. The van der Waals surface area contributed by atoms with Gasteiger partial charge in [-0.3, -0.25) is 4.79 Å². The molecule has 0 aromatic carbocycles. The lowest BCUT2D eigenvalue weighted by atomic mass is 10.1. The molecule has 0 bridgehead atoms. The molecule has 0 heterocycles. The minimum Gasteiger partial charge on any atom is -0.469 e. The maximum Gasteiger partial charge on any atom is 0.306 e. The van der Waals surface area contributed by atoms with Gasteiger partial charge in [0.1, 0.15) is 0 Å². The topological polar surface area (TPSA) is 46.5 Å². The van der Waals surface area contributed by atoms with Crippen LogP contribution in [0.25, 0.3) is 0 Å². The first-order valence-corrected chi connectivity index (χ1v) is 6.06. The second kappa shape index (κ2) is 5.03. The first-order valence-electron chi connectivity index (χ1n) is 4.91. The lowest BCUT2D eigenvalue weighted by Crippen LogP contribution is -2.14. The summed E-state index contributed by atoms with van der Waals surface area (Å²) in [5.41, 5.74) is 0.187. The molecule has 0 saturated heterocycles. The lowest BCUT2D eigenvalue weighted by molar-refractivity contribution is -0.141. The molecule has 82 valence electrons. The van der Waals surface area contributed by atoms with E-state index in [-0.39, 0.29) is 17.5 Å². The summed E-state index contributed by atoms with van der Waals surface area (Å²) in [6, 6.07) is 0. The Kier molecular flexibility index (Phi) is 4.26. The average Bonchev–Trinajstić information content (AvgIpc) is 2.84. The van der Waals surface area contributed by atoms with Crippen molar-refractivity contribution in [2.75, 3.05) is 18.6 Å². The van der Waals surface area contributed by atoms with E-state index >= 15 is 0 Å². The zero-order chi connectivity index (χ0) is 10.6. The molecule has 0 radical (unpaired) electrons. The third-order valence-corrected chi connectivity index (χ3v) is 4.01. The van der Waals surface area contributed by atoms with Crippen LogP contribution in [0.1, 0.15) is 26.2 Å². The van der Waals surface area contributed by atoms with E-state index in [0.717, 1.165) is 24.3 Å². The van der Waals surface area contributed by atoms with Gasteiger partial charge in [0, 0.05) is 5.75 Å². The van der Waals surface area contributed by atoms with E-state index < -0.39 is 0 Å². The van der Waals surface area contributed by atoms with E-state index in [9.17, 15) is 4.79 Å². The van der Waals surface area contributed by atoms with Gasteiger partial charge >= 0.3 is 5.97 Å². The van der Waals surface area contributed by atoms with Crippen molar-refractivity contribution < 1.29 is 14.6 Å². The van der Waals surface area contributed by atoms with Crippen LogP contribution in [-0.2, 0) is 9.53 Å². The van der Waals surface area contributed by atoms with Crippen molar-refractivity contribution in [3.8, 4) is 0 Å². The van der Waals surface area contributed by atoms with Gasteiger partial charge in [-0.15, -0.1) is 0 Å². The summed E-state index contributed by atoms with van der Waals surface area (Å²) in [6.45, 7) is 1.78. The summed E-state index contributed by atoms with van der Waals surface area (Å²) in [4.78, 5) is 11.1. The van der Waals surface area contributed by atoms with Gasteiger partial charge in [-0.1, -0.05) is 0 Å². The molecule has 0 amide bonds. The fraction of sp³-hybridized carbons (Fsp3) is 0.900. The molecule has 1 rings (SSSR count). The summed E-state index contributed by atoms with van der Waals surface area (Å²) in [6.07, 6.45) is 2.52. The Morgan fingerprint density at radius 1 is 1.64 bits per heavy atom. The Labute approximate surface area is 89.2 Å². The molecule has 1 aliphatic carbocycles. The molecule has 0 aromatic rings. The highest BCUT2D eigenvalue weighted by atomic mass is 32.2. The molecule has 1 fully saturated rings. The standard InChI is InChI=1S/C10H18O3S/c1-8(11)6-14-7-10(3-4-10)5-9(12)13-2/h8,11H,3-7H2,1-2H3/t8-/m1/s1. The smallest absolute Gasteiger partial charge is 0.306 e. The van der Waals surface area contributed by atoms with E-state index in [1.807, 2.05) is 0 Å². The number of methoxy groups -OCH3 is 1.